The highest BCUT2D eigenvalue weighted by Gasteiger charge is 2.54. The predicted octanol–water partition coefficient (Wildman–Crippen LogP) is 1.78. The Morgan fingerprint density at radius 3 is 2.77 bits per heavy atom. The molecule has 3 saturated carbocycles. The predicted molar refractivity (Wildman–Crippen MR) is 49.0 cm³/mol. The monoisotopic (exact) mass is 182 g/mol. The molecule has 2 heteroatoms. The third-order valence-corrected chi connectivity index (χ3v) is 4.66. The van der Waals surface area contributed by atoms with Crippen LogP contribution in [-0.4, -0.2) is 18.0 Å². The first-order valence-electron chi connectivity index (χ1n) is 5.62. The van der Waals surface area contributed by atoms with Gasteiger partial charge in [-0.25, -0.2) is 0 Å². The summed E-state index contributed by atoms with van der Waals surface area (Å²) in [5.41, 5.74) is 0. The van der Waals surface area contributed by atoms with Crippen LogP contribution in [0, 0.1) is 23.7 Å². The van der Waals surface area contributed by atoms with Crippen LogP contribution in [0.25, 0.3) is 0 Å². The maximum Gasteiger partial charge on any atom is 0.143 e. The summed E-state index contributed by atoms with van der Waals surface area (Å²) in [5, 5.41) is 8.77. The van der Waals surface area contributed by atoms with Gasteiger partial charge < -0.3 is 9.84 Å². The second kappa shape index (κ2) is 2.96. The summed E-state index contributed by atoms with van der Waals surface area (Å²) in [6, 6.07) is 0. The van der Waals surface area contributed by atoms with Crippen molar-refractivity contribution in [1.29, 1.82) is 0 Å². The normalized spacial score (nSPS) is 52.8. The lowest BCUT2D eigenvalue weighted by Crippen LogP contribution is -2.30. The van der Waals surface area contributed by atoms with Crippen molar-refractivity contribution < 1.29 is 9.84 Å². The van der Waals surface area contributed by atoms with E-state index in [1.54, 1.807) is 0 Å². The van der Waals surface area contributed by atoms with Crippen LogP contribution in [0.5, 0.6) is 0 Å². The number of ether oxygens (including phenoxy) is 1. The van der Waals surface area contributed by atoms with Gasteiger partial charge in [0.15, 0.2) is 0 Å². The smallest absolute Gasteiger partial charge is 0.143 e. The van der Waals surface area contributed by atoms with Gasteiger partial charge in [0.2, 0.25) is 0 Å². The highest BCUT2D eigenvalue weighted by atomic mass is 16.6. The second-order valence-electron chi connectivity index (χ2n) is 4.99. The van der Waals surface area contributed by atoms with Crippen molar-refractivity contribution in [1.82, 2.24) is 0 Å². The third kappa shape index (κ3) is 1.08. The molecule has 0 aliphatic heterocycles. The Morgan fingerprint density at radius 2 is 1.92 bits per heavy atom. The van der Waals surface area contributed by atoms with E-state index in [1.807, 2.05) is 0 Å². The van der Waals surface area contributed by atoms with Crippen LogP contribution in [0.15, 0.2) is 0 Å². The lowest BCUT2D eigenvalue weighted by Gasteiger charge is -2.30. The van der Waals surface area contributed by atoms with E-state index >= 15 is 0 Å². The zero-order chi connectivity index (χ0) is 8.84. The number of hydrogen-bond donors (Lipinski definition) is 1. The van der Waals surface area contributed by atoms with Crippen LogP contribution < -0.4 is 0 Å². The third-order valence-electron chi connectivity index (χ3n) is 4.66. The van der Waals surface area contributed by atoms with Crippen LogP contribution >= 0.6 is 0 Å². The summed E-state index contributed by atoms with van der Waals surface area (Å²) in [6.45, 7) is -0.0781. The van der Waals surface area contributed by atoms with Crippen LogP contribution in [0.1, 0.15) is 32.1 Å². The van der Waals surface area contributed by atoms with Crippen molar-refractivity contribution in [2.24, 2.45) is 23.7 Å². The molecule has 13 heavy (non-hydrogen) atoms. The van der Waals surface area contributed by atoms with E-state index in [2.05, 4.69) is 0 Å². The molecule has 0 spiro atoms. The van der Waals surface area contributed by atoms with Crippen LogP contribution in [-0.2, 0) is 4.74 Å². The minimum atomic E-state index is -0.0781. The molecule has 3 rings (SSSR count). The average Bonchev–Trinajstić information content (AvgIpc) is 2.72. The Labute approximate surface area is 79.3 Å². The van der Waals surface area contributed by atoms with Crippen molar-refractivity contribution in [2.45, 2.75) is 38.2 Å². The molecule has 1 N–H and O–H groups in total. The van der Waals surface area contributed by atoms with Crippen LogP contribution in [0.3, 0.4) is 0 Å². The molecule has 2 nitrogen and oxygen atoms in total. The Kier molecular flexibility index (Phi) is 1.88. The fourth-order valence-electron chi connectivity index (χ4n) is 4.29. The van der Waals surface area contributed by atoms with E-state index in [1.165, 1.54) is 32.1 Å². The number of hydrogen-bond acceptors (Lipinski definition) is 2. The molecule has 0 aromatic rings. The SMILES string of the molecule is OCOC1CC2CC1C1CCCC21. The standard InChI is InChI=1S/C11H18O2/c12-6-13-11-5-7-4-10(11)9-3-1-2-8(7)9/h7-12H,1-6H2. The molecule has 0 amide bonds. The van der Waals surface area contributed by atoms with Gasteiger partial charge in [0.25, 0.3) is 0 Å². The lowest BCUT2D eigenvalue weighted by atomic mass is 9.80. The van der Waals surface area contributed by atoms with Crippen LogP contribution in [0.4, 0.5) is 0 Å². The van der Waals surface area contributed by atoms with Gasteiger partial charge in [0.05, 0.1) is 6.10 Å². The second-order valence-corrected chi connectivity index (χ2v) is 4.99. The van der Waals surface area contributed by atoms with E-state index in [-0.39, 0.29) is 6.79 Å². The molecule has 2 bridgehead atoms. The van der Waals surface area contributed by atoms with E-state index < -0.39 is 0 Å². The lowest BCUT2D eigenvalue weighted by molar-refractivity contribution is -0.0834. The van der Waals surface area contributed by atoms with Gasteiger partial charge in [0, 0.05) is 0 Å². The van der Waals surface area contributed by atoms with E-state index in [9.17, 15) is 0 Å². The van der Waals surface area contributed by atoms with Crippen molar-refractivity contribution in [3.8, 4) is 0 Å². The van der Waals surface area contributed by atoms with Crippen molar-refractivity contribution in [2.75, 3.05) is 6.79 Å². The number of fused-ring (bicyclic) bond motifs is 5. The fourth-order valence-corrected chi connectivity index (χ4v) is 4.29. The summed E-state index contributed by atoms with van der Waals surface area (Å²) in [5.74, 6) is 3.72. The van der Waals surface area contributed by atoms with Gasteiger partial charge in [-0.15, -0.1) is 0 Å². The Hall–Kier alpha value is -0.0800. The zero-order valence-corrected chi connectivity index (χ0v) is 7.98. The molecule has 0 saturated heterocycles. The van der Waals surface area contributed by atoms with Crippen molar-refractivity contribution in [3.63, 3.8) is 0 Å². The first-order chi connectivity index (χ1) is 6.40. The summed E-state index contributed by atoms with van der Waals surface area (Å²) in [7, 11) is 0. The minimum Gasteiger partial charge on any atom is -0.371 e. The van der Waals surface area contributed by atoms with Crippen molar-refractivity contribution in [3.05, 3.63) is 0 Å². The van der Waals surface area contributed by atoms with Gasteiger partial charge in [-0.2, -0.15) is 0 Å². The minimum absolute atomic E-state index is 0.0781. The Balaban J connectivity index is 1.74. The Bertz CT molecular complexity index is 204. The molecule has 3 aliphatic carbocycles. The first-order valence-corrected chi connectivity index (χ1v) is 5.62. The number of aliphatic hydroxyl groups excluding tert-OH is 1. The molecule has 0 radical (unpaired) electrons. The van der Waals surface area contributed by atoms with Gasteiger partial charge in [-0.3, -0.25) is 0 Å². The molecule has 5 unspecified atom stereocenters. The van der Waals surface area contributed by atoms with Crippen molar-refractivity contribution >= 4 is 0 Å². The largest absolute Gasteiger partial charge is 0.371 e. The average molecular weight is 182 g/mol. The van der Waals surface area contributed by atoms with Gasteiger partial charge in [0.1, 0.15) is 6.79 Å². The number of rotatable bonds is 2. The van der Waals surface area contributed by atoms with Gasteiger partial charge in [-0.05, 0) is 49.4 Å². The van der Waals surface area contributed by atoms with Crippen LogP contribution in [0.2, 0.25) is 0 Å². The number of aliphatic hydroxyl groups is 1. The molecular formula is C11H18O2. The molecule has 0 heterocycles. The molecule has 3 fully saturated rings. The van der Waals surface area contributed by atoms with E-state index in [4.69, 9.17) is 9.84 Å². The molecular weight excluding hydrogens is 164 g/mol. The molecule has 74 valence electrons. The quantitative estimate of drug-likeness (QED) is 0.660. The maximum atomic E-state index is 8.77. The van der Waals surface area contributed by atoms with Gasteiger partial charge >= 0.3 is 0 Å². The summed E-state index contributed by atoms with van der Waals surface area (Å²) in [6.07, 6.45) is 7.35. The zero-order valence-electron chi connectivity index (χ0n) is 7.98. The maximum absolute atomic E-state index is 8.77. The fraction of sp³-hybridized carbons (Fsp3) is 1.00. The summed E-state index contributed by atoms with van der Waals surface area (Å²) in [4.78, 5) is 0. The molecule has 0 aromatic carbocycles. The molecule has 5 atom stereocenters. The molecule has 0 aromatic heterocycles. The first kappa shape index (κ1) is 8.25. The summed E-state index contributed by atoms with van der Waals surface area (Å²) >= 11 is 0. The van der Waals surface area contributed by atoms with Gasteiger partial charge in [-0.1, -0.05) is 6.42 Å². The van der Waals surface area contributed by atoms with E-state index in [0.29, 0.717) is 6.10 Å². The summed E-state index contributed by atoms with van der Waals surface area (Å²) < 4.78 is 5.40. The highest BCUT2D eigenvalue weighted by molar-refractivity contribution is 5.03. The highest BCUT2D eigenvalue weighted by Crippen LogP contribution is 2.59. The molecule has 3 aliphatic rings. The van der Waals surface area contributed by atoms with E-state index in [0.717, 1.165) is 23.7 Å². The topological polar surface area (TPSA) is 29.5 Å². The Morgan fingerprint density at radius 1 is 1.08 bits per heavy atom.